The van der Waals surface area contributed by atoms with Gasteiger partial charge < -0.3 is 15.7 Å². The van der Waals surface area contributed by atoms with Crippen LogP contribution < -0.4 is 10.6 Å². The summed E-state index contributed by atoms with van der Waals surface area (Å²) in [5.74, 6) is -0.865. The van der Waals surface area contributed by atoms with Crippen LogP contribution in [0.25, 0.3) is 0 Å². The summed E-state index contributed by atoms with van der Waals surface area (Å²) >= 11 is 0. The third-order valence-electron chi connectivity index (χ3n) is 3.50. The van der Waals surface area contributed by atoms with Crippen LogP contribution in [-0.2, 0) is 14.4 Å². The van der Waals surface area contributed by atoms with E-state index in [9.17, 15) is 14.4 Å². The second-order valence-corrected chi connectivity index (χ2v) is 5.39. The Morgan fingerprint density at radius 3 is 2.37 bits per heavy atom. The van der Waals surface area contributed by atoms with Gasteiger partial charge >= 0.3 is 5.97 Å². The first-order valence-electron chi connectivity index (χ1n) is 6.88. The van der Waals surface area contributed by atoms with Gasteiger partial charge in [0, 0.05) is 18.9 Å². The zero-order valence-corrected chi connectivity index (χ0v) is 10.9. The van der Waals surface area contributed by atoms with Crippen LogP contribution in [0.1, 0.15) is 38.5 Å². The van der Waals surface area contributed by atoms with Crippen molar-refractivity contribution in [3.63, 3.8) is 0 Å². The Bertz CT molecular complexity index is 375. The molecular formula is C13H20N2O4. The van der Waals surface area contributed by atoms with Gasteiger partial charge in [0.1, 0.15) is 6.04 Å². The van der Waals surface area contributed by atoms with E-state index < -0.39 is 12.0 Å². The summed E-state index contributed by atoms with van der Waals surface area (Å²) < 4.78 is 0. The minimum Gasteiger partial charge on any atom is -0.480 e. The summed E-state index contributed by atoms with van der Waals surface area (Å²) in [4.78, 5) is 33.9. The fourth-order valence-electron chi connectivity index (χ4n) is 2.01. The summed E-state index contributed by atoms with van der Waals surface area (Å²) in [7, 11) is 0. The highest BCUT2D eigenvalue weighted by Gasteiger charge is 2.37. The van der Waals surface area contributed by atoms with Crippen molar-refractivity contribution in [2.24, 2.45) is 11.8 Å². The fraction of sp³-hybridized carbons (Fsp3) is 0.769. The molecule has 2 amide bonds. The molecule has 3 N–H and O–H groups in total. The molecular weight excluding hydrogens is 248 g/mol. The lowest BCUT2D eigenvalue weighted by atomic mass is 10.1. The molecule has 0 heterocycles. The van der Waals surface area contributed by atoms with E-state index in [1.807, 2.05) is 0 Å². The van der Waals surface area contributed by atoms with Gasteiger partial charge in [-0.3, -0.25) is 9.59 Å². The number of rotatable bonds is 8. The van der Waals surface area contributed by atoms with Crippen LogP contribution in [0.2, 0.25) is 0 Å². The molecule has 0 aromatic rings. The maximum Gasteiger partial charge on any atom is 0.326 e. The summed E-state index contributed by atoms with van der Waals surface area (Å²) in [5, 5.41) is 14.3. The Balaban J connectivity index is 1.58. The minimum absolute atomic E-state index is 0.0711. The van der Waals surface area contributed by atoms with E-state index in [0.717, 1.165) is 25.7 Å². The zero-order chi connectivity index (χ0) is 13.8. The Labute approximate surface area is 111 Å². The quantitative estimate of drug-likeness (QED) is 0.551. The van der Waals surface area contributed by atoms with Gasteiger partial charge in [0.2, 0.25) is 11.8 Å². The molecule has 2 aliphatic rings. The van der Waals surface area contributed by atoms with Crippen molar-refractivity contribution >= 4 is 17.8 Å². The van der Waals surface area contributed by atoms with Gasteiger partial charge in [0.15, 0.2) is 0 Å². The Kier molecular flexibility index (Phi) is 4.39. The van der Waals surface area contributed by atoms with Crippen molar-refractivity contribution < 1.29 is 19.5 Å². The van der Waals surface area contributed by atoms with Gasteiger partial charge in [-0.25, -0.2) is 4.79 Å². The van der Waals surface area contributed by atoms with Crippen LogP contribution in [0.3, 0.4) is 0 Å². The molecule has 0 saturated heterocycles. The highest BCUT2D eigenvalue weighted by molar-refractivity contribution is 5.84. The molecule has 0 spiro atoms. The van der Waals surface area contributed by atoms with Crippen molar-refractivity contribution in [2.75, 3.05) is 6.54 Å². The van der Waals surface area contributed by atoms with E-state index >= 15 is 0 Å². The summed E-state index contributed by atoms with van der Waals surface area (Å²) in [6, 6.07) is -0.742. The van der Waals surface area contributed by atoms with Gasteiger partial charge in [0.05, 0.1) is 0 Å². The number of nitrogens with one attached hydrogen (secondary N) is 2. The van der Waals surface area contributed by atoms with E-state index in [2.05, 4.69) is 10.6 Å². The predicted molar refractivity (Wildman–Crippen MR) is 67.3 cm³/mol. The molecule has 0 aliphatic heterocycles. The largest absolute Gasteiger partial charge is 0.480 e. The molecule has 0 aromatic carbocycles. The molecule has 2 rings (SSSR count). The summed E-state index contributed by atoms with van der Waals surface area (Å²) in [6.45, 7) is 0.476. The summed E-state index contributed by atoms with van der Waals surface area (Å²) in [6.07, 6.45) is 4.47. The third kappa shape index (κ3) is 4.54. The molecule has 6 heteroatoms. The molecule has 6 nitrogen and oxygen atoms in total. The molecule has 19 heavy (non-hydrogen) atoms. The van der Waals surface area contributed by atoms with Crippen LogP contribution in [-0.4, -0.2) is 35.5 Å². The van der Waals surface area contributed by atoms with Gasteiger partial charge in [-0.2, -0.15) is 0 Å². The summed E-state index contributed by atoms with van der Waals surface area (Å²) in [5.41, 5.74) is 0. The average Bonchev–Trinajstić information content (AvgIpc) is 3.22. The smallest absolute Gasteiger partial charge is 0.326 e. The van der Waals surface area contributed by atoms with E-state index in [-0.39, 0.29) is 30.1 Å². The first-order chi connectivity index (χ1) is 9.08. The number of carbonyl (C=O) groups excluding carboxylic acids is 2. The van der Waals surface area contributed by atoms with Crippen LogP contribution >= 0.6 is 0 Å². The van der Waals surface area contributed by atoms with Crippen LogP contribution in [0.5, 0.6) is 0 Å². The molecule has 0 bridgehead atoms. The lowest BCUT2D eigenvalue weighted by Crippen LogP contribution is -2.42. The lowest BCUT2D eigenvalue weighted by molar-refractivity contribution is -0.142. The molecule has 1 atom stereocenters. The molecule has 0 radical (unpaired) electrons. The zero-order valence-electron chi connectivity index (χ0n) is 10.9. The van der Waals surface area contributed by atoms with E-state index in [1.165, 1.54) is 0 Å². The number of carbonyl (C=O) groups is 3. The molecule has 2 fully saturated rings. The first kappa shape index (κ1) is 13.8. The number of hydrogen-bond acceptors (Lipinski definition) is 3. The van der Waals surface area contributed by atoms with Crippen molar-refractivity contribution in [1.29, 1.82) is 0 Å². The number of amides is 2. The van der Waals surface area contributed by atoms with Crippen molar-refractivity contribution in [1.82, 2.24) is 10.6 Å². The molecule has 0 aromatic heterocycles. The molecule has 1 unspecified atom stereocenters. The maximum absolute atomic E-state index is 11.6. The number of carboxylic acid groups (broad SMARTS) is 1. The number of hydrogen-bond donors (Lipinski definition) is 3. The second kappa shape index (κ2) is 6.04. The van der Waals surface area contributed by atoms with Gasteiger partial charge in [0.25, 0.3) is 0 Å². The monoisotopic (exact) mass is 268 g/mol. The van der Waals surface area contributed by atoms with Gasteiger partial charge in [-0.15, -0.1) is 0 Å². The molecule has 106 valence electrons. The highest BCUT2D eigenvalue weighted by atomic mass is 16.4. The van der Waals surface area contributed by atoms with Crippen LogP contribution in [0.4, 0.5) is 0 Å². The second-order valence-electron chi connectivity index (χ2n) is 5.39. The Morgan fingerprint density at radius 1 is 1.16 bits per heavy atom. The maximum atomic E-state index is 11.6. The number of aliphatic carboxylic acids is 1. The van der Waals surface area contributed by atoms with E-state index in [4.69, 9.17) is 5.11 Å². The topological polar surface area (TPSA) is 95.5 Å². The van der Waals surface area contributed by atoms with Crippen LogP contribution in [0, 0.1) is 11.8 Å². The normalized spacial score (nSPS) is 19.6. The predicted octanol–water partition coefficient (Wildman–Crippen LogP) is 0.272. The number of carboxylic acids is 1. The third-order valence-corrected chi connectivity index (χ3v) is 3.50. The van der Waals surface area contributed by atoms with Crippen molar-refractivity contribution in [3.8, 4) is 0 Å². The van der Waals surface area contributed by atoms with Gasteiger partial charge in [-0.05, 0) is 38.0 Å². The minimum atomic E-state index is -0.960. The lowest BCUT2D eigenvalue weighted by Gasteiger charge is -2.13. The highest BCUT2D eigenvalue weighted by Crippen LogP contribution is 2.32. The van der Waals surface area contributed by atoms with E-state index in [1.54, 1.807) is 0 Å². The standard InChI is InChI=1S/C13H20N2O4/c16-10(15-11(13(18)19)8-3-4-8)2-1-7-14-12(17)9-5-6-9/h8-9,11H,1-7H2,(H,14,17)(H,15,16)(H,18,19). The molecule has 2 saturated carbocycles. The fourth-order valence-corrected chi connectivity index (χ4v) is 2.01. The Morgan fingerprint density at radius 2 is 1.84 bits per heavy atom. The van der Waals surface area contributed by atoms with Crippen molar-refractivity contribution in [2.45, 2.75) is 44.6 Å². The van der Waals surface area contributed by atoms with Gasteiger partial charge in [-0.1, -0.05) is 0 Å². The molecule has 2 aliphatic carbocycles. The average molecular weight is 268 g/mol. The van der Waals surface area contributed by atoms with E-state index in [0.29, 0.717) is 13.0 Å². The SMILES string of the molecule is O=C(CCCNC(=O)C1CC1)NC(C(=O)O)C1CC1. The first-order valence-corrected chi connectivity index (χ1v) is 6.88. The Hall–Kier alpha value is -1.59. The van der Waals surface area contributed by atoms with Crippen molar-refractivity contribution in [3.05, 3.63) is 0 Å². The van der Waals surface area contributed by atoms with Crippen LogP contribution in [0.15, 0.2) is 0 Å².